The minimum atomic E-state index is -0.528. The lowest BCUT2D eigenvalue weighted by molar-refractivity contribution is -0.131. The summed E-state index contributed by atoms with van der Waals surface area (Å²) in [6.45, 7) is 0. The van der Waals surface area contributed by atoms with Crippen molar-refractivity contribution in [2.45, 2.75) is 18.9 Å². The molecule has 1 atom stereocenters. The molecule has 0 saturated carbocycles. The van der Waals surface area contributed by atoms with Crippen LogP contribution in [0.3, 0.4) is 0 Å². The number of ketones is 1. The minimum absolute atomic E-state index is 0.157. The molecule has 0 fully saturated rings. The quantitative estimate of drug-likeness (QED) is 0.515. The molecule has 0 rings (SSSR count). The molecule has 14 heavy (non-hydrogen) atoms. The summed E-state index contributed by atoms with van der Waals surface area (Å²) in [6, 6.07) is -0.528. The van der Waals surface area contributed by atoms with Gasteiger partial charge < -0.3 is 5.73 Å². The van der Waals surface area contributed by atoms with E-state index in [4.69, 9.17) is 5.73 Å². The predicted octanol–water partition coefficient (Wildman–Crippen LogP) is 0.329. The van der Waals surface area contributed by atoms with Crippen molar-refractivity contribution in [2.75, 3.05) is 19.1 Å². The first-order chi connectivity index (χ1) is 6.49. The lowest BCUT2D eigenvalue weighted by atomic mass is 10.1. The summed E-state index contributed by atoms with van der Waals surface area (Å²) in [6.07, 6.45) is 2.41. The maximum atomic E-state index is 11.3. The van der Waals surface area contributed by atoms with Crippen molar-refractivity contribution in [3.63, 3.8) is 0 Å². The second-order valence-corrected chi connectivity index (χ2v) is 4.53. The van der Waals surface area contributed by atoms with Crippen LogP contribution in [0.5, 0.6) is 0 Å². The number of carbonyl (C=O) groups excluding carboxylic acids is 2. The van der Waals surface area contributed by atoms with Gasteiger partial charge in [-0.15, -0.1) is 0 Å². The Morgan fingerprint density at radius 2 is 2.14 bits per heavy atom. The third-order valence-corrected chi connectivity index (χ3v) is 2.60. The van der Waals surface area contributed by atoms with Gasteiger partial charge in [-0.3, -0.25) is 13.9 Å². The maximum absolute atomic E-state index is 11.3. The third-order valence-electron chi connectivity index (χ3n) is 1.73. The molecule has 0 bridgehead atoms. The molecular weight excluding hydrogens is 220 g/mol. The summed E-state index contributed by atoms with van der Waals surface area (Å²) < 4.78 is 1.10. The Labute approximate surface area is 94.1 Å². The summed E-state index contributed by atoms with van der Waals surface area (Å²) in [7, 11) is 1.49. The van der Waals surface area contributed by atoms with Gasteiger partial charge >= 0.3 is 0 Å². The van der Waals surface area contributed by atoms with Gasteiger partial charge in [0.2, 0.25) is 5.91 Å². The Morgan fingerprint density at radius 3 is 2.57 bits per heavy atom. The topological polar surface area (TPSA) is 63.4 Å². The highest BCUT2D eigenvalue weighted by atomic mass is 32.2. The van der Waals surface area contributed by atoms with E-state index in [0.29, 0.717) is 6.42 Å². The van der Waals surface area contributed by atoms with E-state index >= 15 is 0 Å². The van der Waals surface area contributed by atoms with E-state index in [1.807, 2.05) is 6.26 Å². The van der Waals surface area contributed by atoms with E-state index in [0.717, 1.165) is 10.1 Å². The molecule has 4 nitrogen and oxygen atoms in total. The Hall–Kier alpha value is -0.200. The van der Waals surface area contributed by atoms with Gasteiger partial charge in [0, 0.05) is 7.05 Å². The number of thioether (sulfide) groups is 1. The van der Waals surface area contributed by atoms with Crippen LogP contribution in [0.1, 0.15) is 12.8 Å². The van der Waals surface area contributed by atoms with E-state index in [1.54, 1.807) is 11.8 Å². The predicted molar refractivity (Wildman–Crippen MR) is 62.4 cm³/mol. The van der Waals surface area contributed by atoms with Crippen LogP contribution in [-0.4, -0.2) is 41.1 Å². The Balaban J connectivity index is 3.89. The number of nitrogens with two attached hydrogens (primary N) is 1. The smallest absolute Gasteiger partial charge is 0.239 e. The number of thiol groups is 1. The highest BCUT2D eigenvalue weighted by Gasteiger charge is 2.17. The summed E-state index contributed by atoms with van der Waals surface area (Å²) in [5.41, 5.74) is 5.59. The van der Waals surface area contributed by atoms with Crippen molar-refractivity contribution in [3.05, 3.63) is 0 Å². The highest BCUT2D eigenvalue weighted by Crippen LogP contribution is 2.03. The Bertz CT molecular complexity index is 210. The molecule has 0 unspecified atom stereocenters. The van der Waals surface area contributed by atoms with Crippen LogP contribution in [0.25, 0.3) is 0 Å². The molecule has 0 saturated heterocycles. The van der Waals surface area contributed by atoms with E-state index in [-0.39, 0.29) is 18.1 Å². The van der Waals surface area contributed by atoms with Gasteiger partial charge in [0.15, 0.2) is 5.78 Å². The van der Waals surface area contributed by atoms with E-state index in [1.165, 1.54) is 7.05 Å². The van der Waals surface area contributed by atoms with Gasteiger partial charge in [-0.1, -0.05) is 12.8 Å². The van der Waals surface area contributed by atoms with E-state index < -0.39 is 6.04 Å². The van der Waals surface area contributed by atoms with Crippen LogP contribution in [-0.2, 0) is 9.59 Å². The van der Waals surface area contributed by atoms with E-state index in [9.17, 15) is 9.59 Å². The highest BCUT2D eigenvalue weighted by molar-refractivity contribution is 7.98. The molecule has 0 heterocycles. The SMILES string of the molecule is CSCC[C@H](N)C(=O)CC(=O)N(C)S. The van der Waals surface area contributed by atoms with Crippen LogP contribution in [0, 0.1) is 0 Å². The molecule has 1 amide bonds. The van der Waals surface area contributed by atoms with Crippen molar-refractivity contribution < 1.29 is 9.59 Å². The number of hydrogen-bond acceptors (Lipinski definition) is 5. The molecule has 0 aliphatic carbocycles. The number of carbonyl (C=O) groups is 2. The average Bonchev–Trinajstić information content (AvgIpc) is 2.13. The molecular formula is C8H16N2O2S2. The zero-order valence-corrected chi connectivity index (χ0v) is 10.1. The van der Waals surface area contributed by atoms with Crippen molar-refractivity contribution >= 4 is 36.3 Å². The molecule has 0 aromatic heterocycles. The Morgan fingerprint density at radius 1 is 1.57 bits per heavy atom. The lowest BCUT2D eigenvalue weighted by Gasteiger charge is -2.11. The molecule has 0 aliphatic rings. The molecule has 0 aromatic carbocycles. The van der Waals surface area contributed by atoms with Crippen LogP contribution in [0.4, 0.5) is 0 Å². The Kier molecular flexibility index (Phi) is 7.04. The third kappa shape index (κ3) is 5.51. The van der Waals surface area contributed by atoms with Crippen LogP contribution in [0.2, 0.25) is 0 Å². The molecule has 82 valence electrons. The van der Waals surface area contributed by atoms with Crippen molar-refractivity contribution in [3.8, 4) is 0 Å². The van der Waals surface area contributed by atoms with Crippen molar-refractivity contribution in [1.29, 1.82) is 0 Å². The summed E-state index contributed by atoms with van der Waals surface area (Å²) in [5, 5.41) is 0. The van der Waals surface area contributed by atoms with Crippen LogP contribution < -0.4 is 5.73 Å². The first-order valence-electron chi connectivity index (χ1n) is 4.21. The van der Waals surface area contributed by atoms with Gasteiger partial charge in [-0.05, 0) is 18.4 Å². The normalized spacial score (nSPS) is 12.3. The average molecular weight is 236 g/mol. The molecule has 6 heteroatoms. The molecule has 0 aromatic rings. The zero-order valence-electron chi connectivity index (χ0n) is 8.40. The summed E-state index contributed by atoms with van der Waals surface area (Å²) >= 11 is 5.42. The van der Waals surface area contributed by atoms with Gasteiger partial charge in [-0.2, -0.15) is 11.8 Å². The van der Waals surface area contributed by atoms with Crippen molar-refractivity contribution in [1.82, 2.24) is 4.31 Å². The first-order valence-corrected chi connectivity index (χ1v) is 6.01. The van der Waals surface area contributed by atoms with Gasteiger partial charge in [0.25, 0.3) is 0 Å². The molecule has 0 spiro atoms. The fourth-order valence-electron chi connectivity index (χ4n) is 0.800. The number of rotatable bonds is 6. The van der Waals surface area contributed by atoms with Crippen molar-refractivity contribution in [2.24, 2.45) is 5.73 Å². The zero-order chi connectivity index (χ0) is 11.1. The fourth-order valence-corrected chi connectivity index (χ4v) is 1.36. The number of amides is 1. The second kappa shape index (κ2) is 7.14. The number of hydrogen-bond donors (Lipinski definition) is 2. The van der Waals surface area contributed by atoms with E-state index in [2.05, 4.69) is 12.8 Å². The number of nitrogens with zero attached hydrogens (tertiary/aromatic N) is 1. The first kappa shape index (κ1) is 13.8. The minimum Gasteiger partial charge on any atom is -0.321 e. The van der Waals surface area contributed by atoms with Gasteiger partial charge in [0.1, 0.15) is 0 Å². The fraction of sp³-hybridized carbons (Fsp3) is 0.750. The second-order valence-electron chi connectivity index (χ2n) is 2.95. The summed E-state index contributed by atoms with van der Waals surface area (Å²) in [4.78, 5) is 22.4. The molecule has 0 aliphatic heterocycles. The maximum Gasteiger partial charge on any atom is 0.239 e. The lowest BCUT2D eigenvalue weighted by Crippen LogP contribution is -2.34. The van der Waals surface area contributed by atoms with Crippen LogP contribution >= 0.6 is 24.6 Å². The molecule has 0 radical (unpaired) electrons. The van der Waals surface area contributed by atoms with Gasteiger partial charge in [-0.25, -0.2) is 0 Å². The van der Waals surface area contributed by atoms with Gasteiger partial charge in [0.05, 0.1) is 12.5 Å². The van der Waals surface area contributed by atoms with Crippen LogP contribution in [0.15, 0.2) is 0 Å². The monoisotopic (exact) mass is 236 g/mol. The number of Topliss-reactive ketones (excluding diaryl/α,β-unsaturated/α-hetero) is 1. The largest absolute Gasteiger partial charge is 0.321 e. The standard InChI is InChI=1S/C8H16N2O2S2/c1-10(13)8(12)5-7(11)6(9)3-4-14-2/h6,13H,3-5,9H2,1-2H3/t6-/m0/s1. The summed E-state index contributed by atoms with van der Waals surface area (Å²) in [5.74, 6) is 0.292. The molecule has 2 N–H and O–H groups in total.